The number of amides is 1. The average molecular weight is 476 g/mol. The van der Waals surface area contributed by atoms with Crippen LogP contribution in [0, 0.1) is 12.7 Å². The van der Waals surface area contributed by atoms with Crippen molar-refractivity contribution in [2.45, 2.75) is 19.9 Å². The maximum absolute atomic E-state index is 13.4. The lowest BCUT2D eigenvalue weighted by molar-refractivity contribution is -0.118. The van der Waals surface area contributed by atoms with Crippen molar-refractivity contribution in [2.75, 3.05) is 5.32 Å². The fourth-order valence-corrected chi connectivity index (χ4v) is 4.65. The van der Waals surface area contributed by atoms with Gasteiger partial charge in [0.25, 0.3) is 5.56 Å². The molecule has 0 aliphatic heterocycles. The van der Waals surface area contributed by atoms with E-state index < -0.39 is 11.9 Å². The molecular weight excluding hydrogens is 460 g/mol. The molecule has 0 fully saturated rings. The number of nitrogens with one attached hydrogen (secondary N) is 1. The summed E-state index contributed by atoms with van der Waals surface area (Å²) in [6.07, 6.45) is 1.36. The molecule has 1 N–H and O–H groups in total. The number of benzene rings is 2. The predicted octanol–water partition coefficient (Wildman–Crippen LogP) is 6.08. The first-order valence-corrected chi connectivity index (χ1v) is 10.9. The third-order valence-electron chi connectivity index (χ3n) is 4.93. The zero-order valence-corrected chi connectivity index (χ0v) is 18.8. The molecule has 0 aliphatic rings. The number of aromatic nitrogens is 2. The van der Waals surface area contributed by atoms with Crippen LogP contribution in [0.5, 0.6) is 0 Å². The molecule has 31 heavy (non-hydrogen) atoms. The first-order valence-electron chi connectivity index (χ1n) is 9.28. The second-order valence-electron chi connectivity index (χ2n) is 6.97. The van der Waals surface area contributed by atoms with E-state index in [1.807, 2.05) is 6.92 Å². The zero-order chi connectivity index (χ0) is 22.3. The molecule has 0 bridgehead atoms. The molecule has 1 amide bonds. The summed E-state index contributed by atoms with van der Waals surface area (Å²) in [5.41, 5.74) is 1.40. The first-order chi connectivity index (χ1) is 14.8. The molecule has 2 heterocycles. The highest BCUT2D eigenvalue weighted by molar-refractivity contribution is 7.19. The molecule has 2 aromatic carbocycles. The molecule has 4 aromatic rings. The van der Waals surface area contributed by atoms with E-state index in [1.54, 1.807) is 31.2 Å². The van der Waals surface area contributed by atoms with E-state index >= 15 is 0 Å². The van der Waals surface area contributed by atoms with Gasteiger partial charge in [0, 0.05) is 15.5 Å². The van der Waals surface area contributed by atoms with Gasteiger partial charge in [0.05, 0.1) is 22.4 Å². The van der Waals surface area contributed by atoms with Gasteiger partial charge in [0.15, 0.2) is 0 Å². The van der Waals surface area contributed by atoms with E-state index in [0.29, 0.717) is 37.1 Å². The quantitative estimate of drug-likeness (QED) is 0.388. The van der Waals surface area contributed by atoms with Crippen LogP contribution in [0.15, 0.2) is 53.6 Å². The summed E-state index contributed by atoms with van der Waals surface area (Å²) in [7, 11) is 0. The maximum atomic E-state index is 13.4. The van der Waals surface area contributed by atoms with Crippen LogP contribution in [0.4, 0.5) is 10.1 Å². The summed E-state index contributed by atoms with van der Waals surface area (Å²) in [6, 6.07) is 9.80. The molecule has 9 heteroatoms. The number of carbonyl (C=O) groups is 1. The third kappa shape index (κ3) is 4.08. The largest absolute Gasteiger partial charge is 0.323 e. The van der Waals surface area contributed by atoms with Gasteiger partial charge in [-0.15, -0.1) is 11.3 Å². The molecule has 1 unspecified atom stereocenters. The monoisotopic (exact) mass is 475 g/mol. The maximum Gasteiger partial charge on any atom is 0.263 e. The van der Waals surface area contributed by atoms with E-state index in [9.17, 15) is 14.0 Å². The Morgan fingerprint density at radius 1 is 1.19 bits per heavy atom. The lowest BCUT2D eigenvalue weighted by atomic mass is 10.0. The van der Waals surface area contributed by atoms with E-state index in [1.165, 1.54) is 40.4 Å². The standard InChI is InChI=1S/C22H16Cl2FN3O2S/c1-11(20(29)27-17-9-14(23)5-8-16(17)24)28-10-26-21-19(22(28)30)18(12(2)31-21)13-3-6-15(25)7-4-13/h3-11H,1-2H3,(H,27,29). The number of fused-ring (bicyclic) bond motifs is 1. The van der Waals surface area contributed by atoms with Crippen molar-refractivity contribution in [3.05, 3.63) is 79.9 Å². The fourth-order valence-electron chi connectivity index (χ4n) is 3.31. The van der Waals surface area contributed by atoms with Gasteiger partial charge < -0.3 is 5.32 Å². The summed E-state index contributed by atoms with van der Waals surface area (Å²) < 4.78 is 14.6. The summed E-state index contributed by atoms with van der Waals surface area (Å²) in [5, 5.41) is 3.85. The highest BCUT2D eigenvalue weighted by atomic mass is 35.5. The smallest absolute Gasteiger partial charge is 0.263 e. The van der Waals surface area contributed by atoms with E-state index in [2.05, 4.69) is 10.3 Å². The second kappa shape index (κ2) is 8.42. The van der Waals surface area contributed by atoms with Gasteiger partial charge in [-0.1, -0.05) is 35.3 Å². The molecule has 0 aliphatic carbocycles. The van der Waals surface area contributed by atoms with Crippen molar-refractivity contribution < 1.29 is 9.18 Å². The van der Waals surface area contributed by atoms with Gasteiger partial charge in [0.1, 0.15) is 16.7 Å². The summed E-state index contributed by atoms with van der Waals surface area (Å²) >= 11 is 13.5. The molecule has 0 saturated heterocycles. The number of anilines is 1. The van der Waals surface area contributed by atoms with E-state index in [-0.39, 0.29) is 11.4 Å². The van der Waals surface area contributed by atoms with Crippen molar-refractivity contribution >= 4 is 56.3 Å². The minimum absolute atomic E-state index is 0.331. The Kier molecular flexibility index (Phi) is 5.83. The number of carbonyl (C=O) groups excluding carboxylic acids is 1. The first kappa shape index (κ1) is 21.5. The van der Waals surface area contributed by atoms with Crippen molar-refractivity contribution in [1.29, 1.82) is 0 Å². The van der Waals surface area contributed by atoms with E-state index in [4.69, 9.17) is 23.2 Å². The number of thiophene rings is 1. The number of hydrogen-bond donors (Lipinski definition) is 1. The Morgan fingerprint density at radius 2 is 1.90 bits per heavy atom. The van der Waals surface area contributed by atoms with Crippen molar-refractivity contribution in [2.24, 2.45) is 0 Å². The van der Waals surface area contributed by atoms with Crippen LogP contribution in [0.3, 0.4) is 0 Å². The minimum Gasteiger partial charge on any atom is -0.323 e. The number of halogens is 3. The van der Waals surface area contributed by atoms with Crippen LogP contribution >= 0.6 is 34.5 Å². The van der Waals surface area contributed by atoms with Crippen LogP contribution in [-0.4, -0.2) is 15.5 Å². The fraction of sp³-hybridized carbons (Fsp3) is 0.136. The number of hydrogen-bond acceptors (Lipinski definition) is 4. The Bertz CT molecular complexity index is 1370. The number of aryl methyl sites for hydroxylation is 1. The molecular formula is C22H16Cl2FN3O2S. The molecule has 5 nitrogen and oxygen atoms in total. The molecule has 1 atom stereocenters. The topological polar surface area (TPSA) is 64.0 Å². The minimum atomic E-state index is -0.860. The Hall–Kier alpha value is -2.74. The van der Waals surface area contributed by atoms with Gasteiger partial charge in [-0.3, -0.25) is 14.2 Å². The third-order valence-corrected chi connectivity index (χ3v) is 6.51. The average Bonchev–Trinajstić information content (AvgIpc) is 3.08. The lowest BCUT2D eigenvalue weighted by Crippen LogP contribution is -2.31. The zero-order valence-electron chi connectivity index (χ0n) is 16.4. The highest BCUT2D eigenvalue weighted by Crippen LogP contribution is 2.35. The van der Waals surface area contributed by atoms with Gasteiger partial charge in [0.2, 0.25) is 5.91 Å². The van der Waals surface area contributed by atoms with Gasteiger partial charge in [-0.2, -0.15) is 0 Å². The molecule has 2 aromatic heterocycles. The normalized spacial score (nSPS) is 12.2. The molecule has 0 spiro atoms. The molecule has 4 rings (SSSR count). The Labute approximate surface area is 191 Å². The molecule has 0 radical (unpaired) electrons. The summed E-state index contributed by atoms with van der Waals surface area (Å²) in [5.74, 6) is -0.802. The number of nitrogens with zero attached hydrogens (tertiary/aromatic N) is 2. The van der Waals surface area contributed by atoms with E-state index in [0.717, 1.165) is 4.88 Å². The second-order valence-corrected chi connectivity index (χ2v) is 9.01. The van der Waals surface area contributed by atoms with Crippen LogP contribution in [0.25, 0.3) is 21.3 Å². The van der Waals surface area contributed by atoms with Crippen LogP contribution in [0.2, 0.25) is 10.0 Å². The van der Waals surface area contributed by atoms with Gasteiger partial charge in [-0.05, 0) is 49.7 Å². The number of rotatable bonds is 4. The van der Waals surface area contributed by atoms with Crippen LogP contribution in [-0.2, 0) is 4.79 Å². The van der Waals surface area contributed by atoms with Crippen LogP contribution in [0.1, 0.15) is 17.8 Å². The highest BCUT2D eigenvalue weighted by Gasteiger charge is 2.22. The van der Waals surface area contributed by atoms with Gasteiger partial charge in [-0.25, -0.2) is 9.37 Å². The Balaban J connectivity index is 1.76. The van der Waals surface area contributed by atoms with Crippen LogP contribution < -0.4 is 10.9 Å². The molecule has 158 valence electrons. The van der Waals surface area contributed by atoms with Gasteiger partial charge >= 0.3 is 0 Å². The van der Waals surface area contributed by atoms with Crippen molar-refractivity contribution in [3.8, 4) is 11.1 Å². The molecule has 0 saturated carbocycles. The summed E-state index contributed by atoms with van der Waals surface area (Å²) in [4.78, 5) is 32.0. The summed E-state index contributed by atoms with van der Waals surface area (Å²) in [6.45, 7) is 3.48. The van der Waals surface area contributed by atoms with Crippen molar-refractivity contribution in [1.82, 2.24) is 9.55 Å². The van der Waals surface area contributed by atoms with Crippen molar-refractivity contribution in [3.63, 3.8) is 0 Å². The Morgan fingerprint density at radius 3 is 2.61 bits per heavy atom. The lowest BCUT2D eigenvalue weighted by Gasteiger charge is -2.16. The predicted molar refractivity (Wildman–Crippen MR) is 124 cm³/mol. The SMILES string of the molecule is Cc1sc2ncn(C(C)C(=O)Nc3cc(Cl)ccc3Cl)c(=O)c2c1-c1ccc(F)cc1.